The summed E-state index contributed by atoms with van der Waals surface area (Å²) < 4.78 is 11.5. The first-order chi connectivity index (χ1) is 19.6. The van der Waals surface area contributed by atoms with Gasteiger partial charge in [0.25, 0.3) is 0 Å². The van der Waals surface area contributed by atoms with E-state index in [1.165, 1.54) is 9.80 Å². The molecule has 6 aliphatic rings. The Morgan fingerprint density at radius 2 is 0.900 bits per heavy atom. The largest absolute Gasteiger partial charge is 0.375 e. The predicted molar refractivity (Wildman–Crippen MR) is 143 cm³/mol. The van der Waals surface area contributed by atoms with Crippen LogP contribution in [0.3, 0.4) is 0 Å². The van der Waals surface area contributed by atoms with Crippen molar-refractivity contribution >= 4 is 23.6 Å². The van der Waals surface area contributed by atoms with Crippen molar-refractivity contribution < 1.29 is 28.7 Å². The van der Waals surface area contributed by atoms with Crippen molar-refractivity contribution in [2.75, 3.05) is 26.3 Å². The Morgan fingerprint density at radius 1 is 0.525 bits per heavy atom. The quantitative estimate of drug-likeness (QED) is 0.261. The molecule has 2 aromatic carbocycles. The Kier molecular flexibility index (Phi) is 6.40. The van der Waals surface area contributed by atoms with Crippen LogP contribution in [0, 0.1) is 47.3 Å². The maximum absolute atomic E-state index is 13.5. The number of hydrogen-bond donors (Lipinski definition) is 0. The van der Waals surface area contributed by atoms with Gasteiger partial charge in [-0.25, -0.2) is 0 Å². The molecule has 4 aliphatic carbocycles. The van der Waals surface area contributed by atoms with Crippen LogP contribution in [0.5, 0.6) is 0 Å². The second-order valence-electron chi connectivity index (χ2n) is 11.5. The van der Waals surface area contributed by atoms with Gasteiger partial charge in [-0.1, -0.05) is 72.8 Å². The Hall–Kier alpha value is -3.62. The van der Waals surface area contributed by atoms with Crippen molar-refractivity contribution in [2.45, 2.75) is 13.2 Å². The van der Waals surface area contributed by atoms with E-state index in [0.29, 0.717) is 13.2 Å². The molecular formula is C32H32N2O6. The van der Waals surface area contributed by atoms with Crippen LogP contribution in [0.2, 0.25) is 0 Å². The maximum Gasteiger partial charge on any atom is 0.233 e. The predicted octanol–water partition coefficient (Wildman–Crippen LogP) is 2.68. The minimum atomic E-state index is -0.454. The summed E-state index contributed by atoms with van der Waals surface area (Å²) in [6.07, 6.45) is 4.07. The number of hydrogen-bond acceptors (Lipinski definition) is 6. The monoisotopic (exact) mass is 540 g/mol. The van der Waals surface area contributed by atoms with Gasteiger partial charge in [-0.05, 0) is 34.8 Å². The molecule has 2 heterocycles. The first-order valence-electron chi connectivity index (χ1n) is 14.2. The van der Waals surface area contributed by atoms with Crippen molar-refractivity contribution in [1.82, 2.24) is 9.80 Å². The molecule has 206 valence electrons. The van der Waals surface area contributed by atoms with E-state index in [1.54, 1.807) is 0 Å². The first kappa shape index (κ1) is 25.4. The van der Waals surface area contributed by atoms with Gasteiger partial charge in [-0.2, -0.15) is 0 Å². The zero-order valence-corrected chi connectivity index (χ0v) is 22.1. The summed E-state index contributed by atoms with van der Waals surface area (Å²) in [7, 11) is 0. The summed E-state index contributed by atoms with van der Waals surface area (Å²) in [5.41, 5.74) is 2.07. The fourth-order valence-electron chi connectivity index (χ4n) is 8.01. The number of allylic oxidation sites excluding steroid dienone is 2. The molecule has 0 N–H and O–H groups in total. The van der Waals surface area contributed by atoms with E-state index in [0.717, 1.165) is 11.1 Å². The Balaban J connectivity index is 0.993. The van der Waals surface area contributed by atoms with Crippen molar-refractivity contribution in [3.8, 4) is 0 Å². The van der Waals surface area contributed by atoms with E-state index < -0.39 is 23.7 Å². The van der Waals surface area contributed by atoms with Gasteiger partial charge in [-0.15, -0.1) is 0 Å². The minimum absolute atomic E-state index is 0.0704. The molecule has 8 rings (SSSR count). The fraction of sp³-hybridized carbons (Fsp3) is 0.438. The summed E-state index contributed by atoms with van der Waals surface area (Å²) in [4.78, 5) is 56.6. The first-order valence-corrected chi connectivity index (χ1v) is 14.2. The summed E-state index contributed by atoms with van der Waals surface area (Å²) in [5, 5.41) is 0. The molecular weight excluding hydrogens is 508 g/mol. The van der Waals surface area contributed by atoms with Crippen LogP contribution in [0.1, 0.15) is 11.1 Å². The molecule has 2 saturated carbocycles. The standard InChI is InChI=1S/C32H32N2O6/c35-29-25-21-11-12-22(26(25)30(36)33(29)13-15-39-17-19-7-3-1-4-8-19)24-23(21)27-28(24)32(38)34(31(27)37)14-16-40-18-20-9-5-2-6-10-20/h1-12,21-28H,13-18H2. The lowest BCUT2D eigenvalue weighted by molar-refractivity contribution is -0.166. The molecule has 2 saturated heterocycles. The number of likely N-dealkylation sites (tertiary alicyclic amines) is 2. The Bertz CT molecular complexity index is 1300. The van der Waals surface area contributed by atoms with E-state index in [-0.39, 0.29) is 73.6 Å². The molecule has 4 fully saturated rings. The number of carbonyl (C=O) groups is 4. The normalized spacial score (nSPS) is 33.3. The van der Waals surface area contributed by atoms with Crippen LogP contribution in [-0.2, 0) is 41.9 Å². The molecule has 2 aliphatic heterocycles. The van der Waals surface area contributed by atoms with E-state index in [4.69, 9.17) is 9.47 Å². The topological polar surface area (TPSA) is 93.2 Å². The highest BCUT2D eigenvalue weighted by Gasteiger charge is 2.74. The lowest BCUT2D eigenvalue weighted by atomic mass is 9.40. The van der Waals surface area contributed by atoms with Gasteiger partial charge in [0.1, 0.15) is 0 Å². The average Bonchev–Trinajstić information content (AvgIpc) is 3.34. The van der Waals surface area contributed by atoms with Crippen LogP contribution in [-0.4, -0.2) is 59.7 Å². The molecule has 8 heteroatoms. The molecule has 4 amide bonds. The molecule has 0 radical (unpaired) electrons. The molecule has 2 bridgehead atoms. The van der Waals surface area contributed by atoms with E-state index >= 15 is 0 Å². The van der Waals surface area contributed by atoms with Crippen molar-refractivity contribution in [1.29, 1.82) is 0 Å². The average molecular weight is 541 g/mol. The zero-order chi connectivity index (χ0) is 27.4. The van der Waals surface area contributed by atoms with Gasteiger partial charge in [0, 0.05) is 0 Å². The molecule has 2 aromatic rings. The summed E-state index contributed by atoms with van der Waals surface area (Å²) in [5.74, 6) is -2.89. The molecule has 8 atom stereocenters. The van der Waals surface area contributed by atoms with Crippen molar-refractivity contribution in [2.24, 2.45) is 47.3 Å². The number of fused-ring (bicyclic) bond motifs is 1. The Labute approximate surface area is 232 Å². The summed E-state index contributed by atoms with van der Waals surface area (Å²) in [6.45, 7) is 1.82. The highest BCUT2D eigenvalue weighted by Crippen LogP contribution is 2.68. The molecule has 8 nitrogen and oxygen atoms in total. The fourth-order valence-corrected chi connectivity index (χ4v) is 8.01. The molecule has 0 spiro atoms. The number of amides is 4. The Morgan fingerprint density at radius 3 is 1.30 bits per heavy atom. The highest BCUT2D eigenvalue weighted by molar-refractivity contribution is 6.09. The lowest BCUT2D eigenvalue weighted by Gasteiger charge is -2.60. The number of nitrogens with zero attached hydrogens (tertiary/aromatic N) is 2. The third kappa shape index (κ3) is 3.88. The lowest BCUT2D eigenvalue weighted by Crippen LogP contribution is -2.63. The third-order valence-electron chi connectivity index (χ3n) is 9.67. The molecule has 40 heavy (non-hydrogen) atoms. The molecule has 8 unspecified atom stereocenters. The van der Waals surface area contributed by atoms with E-state index in [9.17, 15) is 19.2 Å². The summed E-state index contributed by atoms with van der Waals surface area (Å²) >= 11 is 0. The van der Waals surface area contributed by atoms with Gasteiger partial charge in [0.05, 0.1) is 63.2 Å². The molecule has 0 aromatic heterocycles. The number of imide groups is 2. The zero-order valence-electron chi connectivity index (χ0n) is 22.1. The van der Waals surface area contributed by atoms with Crippen LogP contribution in [0.25, 0.3) is 0 Å². The SMILES string of the molecule is O=C1C2C3C=CC(C2C(=O)N1CCOCc1ccccc1)C1C2C(=O)N(CCOCc4ccccc4)C(=O)C2C31. The van der Waals surface area contributed by atoms with Crippen LogP contribution in [0.15, 0.2) is 72.8 Å². The van der Waals surface area contributed by atoms with Crippen LogP contribution >= 0.6 is 0 Å². The minimum Gasteiger partial charge on any atom is -0.375 e. The van der Waals surface area contributed by atoms with Gasteiger partial charge < -0.3 is 9.47 Å². The number of ether oxygens (including phenoxy) is 2. The van der Waals surface area contributed by atoms with Gasteiger partial charge in [0.2, 0.25) is 23.6 Å². The highest BCUT2D eigenvalue weighted by atomic mass is 16.5. The van der Waals surface area contributed by atoms with Crippen molar-refractivity contribution in [3.63, 3.8) is 0 Å². The van der Waals surface area contributed by atoms with Gasteiger partial charge >= 0.3 is 0 Å². The smallest absolute Gasteiger partial charge is 0.233 e. The van der Waals surface area contributed by atoms with Crippen LogP contribution in [0.4, 0.5) is 0 Å². The third-order valence-corrected chi connectivity index (χ3v) is 9.67. The second kappa shape index (κ2) is 10.1. The number of benzene rings is 2. The van der Waals surface area contributed by atoms with E-state index in [2.05, 4.69) is 0 Å². The van der Waals surface area contributed by atoms with Gasteiger partial charge in [0.15, 0.2) is 0 Å². The van der Waals surface area contributed by atoms with Crippen molar-refractivity contribution in [3.05, 3.63) is 83.9 Å². The van der Waals surface area contributed by atoms with E-state index in [1.807, 2.05) is 72.8 Å². The van der Waals surface area contributed by atoms with Crippen LogP contribution < -0.4 is 0 Å². The number of carbonyl (C=O) groups excluding carboxylic acids is 4. The number of rotatable bonds is 10. The maximum atomic E-state index is 13.5. The second-order valence-corrected chi connectivity index (χ2v) is 11.5. The summed E-state index contributed by atoms with van der Waals surface area (Å²) in [6, 6.07) is 19.5. The van der Waals surface area contributed by atoms with Gasteiger partial charge in [-0.3, -0.25) is 29.0 Å².